The van der Waals surface area contributed by atoms with Crippen molar-refractivity contribution < 1.29 is 18.5 Å². The van der Waals surface area contributed by atoms with Gasteiger partial charge in [0.25, 0.3) is 5.91 Å². The van der Waals surface area contributed by atoms with E-state index in [1.165, 1.54) is 4.90 Å². The summed E-state index contributed by atoms with van der Waals surface area (Å²) in [5.74, 6) is -0.465. The van der Waals surface area contributed by atoms with Crippen LogP contribution in [0.25, 0.3) is 0 Å². The van der Waals surface area contributed by atoms with Gasteiger partial charge in [0.2, 0.25) is 0 Å². The molecule has 0 aliphatic heterocycles. The van der Waals surface area contributed by atoms with Crippen molar-refractivity contribution in [3.8, 4) is 0 Å². The molecule has 5 nitrogen and oxygen atoms in total. The van der Waals surface area contributed by atoms with E-state index < -0.39 is 16.8 Å². The Morgan fingerprint density at radius 3 is 2.40 bits per heavy atom. The van der Waals surface area contributed by atoms with Crippen molar-refractivity contribution >= 4 is 22.7 Å². The van der Waals surface area contributed by atoms with Crippen LogP contribution in [0, 0.1) is 0 Å². The lowest BCUT2D eigenvalue weighted by Crippen LogP contribution is -2.30. The largest absolute Gasteiger partial charge is 0.452 e. The van der Waals surface area contributed by atoms with Gasteiger partial charge in [-0.1, -0.05) is 42.5 Å². The second kappa shape index (κ2) is 9.13. The quantitative estimate of drug-likeness (QED) is 0.712. The Morgan fingerprint density at radius 1 is 1.04 bits per heavy atom. The van der Waals surface area contributed by atoms with Gasteiger partial charge in [0.1, 0.15) is 0 Å². The average Bonchev–Trinajstić information content (AvgIpc) is 2.59. The standard InChI is InChI=1S/C19H21NO4S/c1-20(12-15-7-4-3-5-8-15)18(21)13-24-19(22)17-10-6-9-16(11-17)14-25(2)23/h3-11H,12-14H2,1-2H3. The monoisotopic (exact) mass is 359 g/mol. The van der Waals surface area contributed by atoms with Crippen molar-refractivity contribution in [2.45, 2.75) is 12.3 Å². The van der Waals surface area contributed by atoms with Crippen molar-refractivity contribution in [3.63, 3.8) is 0 Å². The number of amides is 1. The summed E-state index contributed by atoms with van der Waals surface area (Å²) >= 11 is 0. The van der Waals surface area contributed by atoms with Crippen LogP contribution in [0.5, 0.6) is 0 Å². The molecule has 0 saturated heterocycles. The maximum Gasteiger partial charge on any atom is 0.338 e. The van der Waals surface area contributed by atoms with Crippen LogP contribution in [0.2, 0.25) is 0 Å². The molecular formula is C19H21NO4S. The number of hydrogen-bond donors (Lipinski definition) is 0. The zero-order valence-electron chi connectivity index (χ0n) is 14.3. The normalized spacial score (nSPS) is 11.6. The molecule has 1 unspecified atom stereocenters. The van der Waals surface area contributed by atoms with Crippen molar-refractivity contribution in [1.82, 2.24) is 4.90 Å². The minimum absolute atomic E-state index is 0.275. The molecule has 132 valence electrons. The minimum atomic E-state index is -0.988. The van der Waals surface area contributed by atoms with Gasteiger partial charge in [-0.2, -0.15) is 0 Å². The van der Waals surface area contributed by atoms with E-state index >= 15 is 0 Å². The maximum atomic E-state index is 12.1. The number of carbonyl (C=O) groups is 2. The van der Waals surface area contributed by atoms with Gasteiger partial charge in [-0.05, 0) is 23.3 Å². The number of hydrogen-bond acceptors (Lipinski definition) is 4. The molecule has 1 atom stereocenters. The molecular weight excluding hydrogens is 338 g/mol. The van der Waals surface area contributed by atoms with E-state index in [2.05, 4.69) is 0 Å². The van der Waals surface area contributed by atoms with E-state index in [4.69, 9.17) is 4.74 Å². The Kier molecular flexibility index (Phi) is 6.89. The van der Waals surface area contributed by atoms with Crippen LogP contribution in [0.4, 0.5) is 0 Å². The first kappa shape index (κ1) is 18.9. The highest BCUT2D eigenvalue weighted by Gasteiger charge is 2.14. The molecule has 0 radical (unpaired) electrons. The number of nitrogens with zero attached hydrogens (tertiary/aromatic N) is 1. The first-order chi connectivity index (χ1) is 12.0. The SMILES string of the molecule is CN(Cc1ccccc1)C(=O)COC(=O)c1cccc(CS(C)=O)c1. The molecule has 0 bridgehead atoms. The molecule has 2 aromatic carbocycles. The summed E-state index contributed by atoms with van der Waals surface area (Å²) in [4.78, 5) is 25.7. The van der Waals surface area contributed by atoms with E-state index in [9.17, 15) is 13.8 Å². The average molecular weight is 359 g/mol. The van der Waals surface area contributed by atoms with E-state index in [1.54, 1.807) is 37.6 Å². The molecule has 0 saturated carbocycles. The minimum Gasteiger partial charge on any atom is -0.452 e. The van der Waals surface area contributed by atoms with Gasteiger partial charge >= 0.3 is 5.97 Å². The number of rotatable bonds is 7. The number of ether oxygens (including phenoxy) is 1. The van der Waals surface area contributed by atoms with Crippen LogP contribution >= 0.6 is 0 Å². The van der Waals surface area contributed by atoms with Gasteiger partial charge in [0, 0.05) is 36.4 Å². The van der Waals surface area contributed by atoms with Crippen molar-refractivity contribution in [3.05, 3.63) is 71.3 Å². The molecule has 0 heterocycles. The molecule has 0 aromatic heterocycles. The van der Waals surface area contributed by atoms with Crippen molar-refractivity contribution in [2.24, 2.45) is 0 Å². The predicted octanol–water partition coefficient (Wildman–Crippen LogP) is 2.38. The van der Waals surface area contributed by atoms with Crippen LogP contribution in [0.3, 0.4) is 0 Å². The number of esters is 1. The fourth-order valence-electron chi connectivity index (χ4n) is 2.29. The van der Waals surface area contributed by atoms with Crippen LogP contribution in [-0.2, 0) is 32.6 Å². The van der Waals surface area contributed by atoms with Gasteiger partial charge in [-0.25, -0.2) is 4.79 Å². The van der Waals surface area contributed by atoms with Crippen LogP contribution in [0.15, 0.2) is 54.6 Å². The summed E-state index contributed by atoms with van der Waals surface area (Å²) < 4.78 is 16.4. The van der Waals surface area contributed by atoms with E-state index in [0.29, 0.717) is 17.9 Å². The molecule has 25 heavy (non-hydrogen) atoms. The predicted molar refractivity (Wildman–Crippen MR) is 97.4 cm³/mol. The summed E-state index contributed by atoms with van der Waals surface area (Å²) in [5.41, 5.74) is 2.15. The first-order valence-corrected chi connectivity index (χ1v) is 9.52. The maximum absolute atomic E-state index is 12.1. The first-order valence-electron chi connectivity index (χ1n) is 7.79. The van der Waals surface area contributed by atoms with Crippen LogP contribution in [-0.4, -0.2) is 40.9 Å². The molecule has 0 aliphatic carbocycles. The highest BCUT2D eigenvalue weighted by molar-refractivity contribution is 7.83. The third kappa shape index (κ3) is 6.15. The lowest BCUT2D eigenvalue weighted by atomic mass is 10.1. The molecule has 1 amide bonds. The van der Waals surface area contributed by atoms with Gasteiger partial charge < -0.3 is 9.64 Å². The summed E-state index contributed by atoms with van der Waals surface area (Å²) in [6, 6.07) is 16.4. The Bertz CT molecular complexity index is 761. The van der Waals surface area contributed by atoms with Crippen molar-refractivity contribution in [2.75, 3.05) is 19.9 Å². The zero-order chi connectivity index (χ0) is 18.2. The van der Waals surface area contributed by atoms with Gasteiger partial charge in [0.15, 0.2) is 6.61 Å². The van der Waals surface area contributed by atoms with E-state index in [-0.39, 0.29) is 12.5 Å². The van der Waals surface area contributed by atoms with Crippen LogP contribution in [0.1, 0.15) is 21.5 Å². The summed E-state index contributed by atoms with van der Waals surface area (Å²) in [6.07, 6.45) is 1.60. The smallest absolute Gasteiger partial charge is 0.338 e. The molecule has 2 aromatic rings. The Balaban J connectivity index is 1.88. The lowest BCUT2D eigenvalue weighted by Gasteiger charge is -2.17. The summed E-state index contributed by atoms with van der Waals surface area (Å²) in [6.45, 7) is 0.140. The molecule has 2 rings (SSSR count). The van der Waals surface area contributed by atoms with Crippen LogP contribution < -0.4 is 0 Å². The Labute approximate surface area is 150 Å². The fourth-order valence-corrected chi connectivity index (χ4v) is 2.94. The number of carbonyl (C=O) groups excluding carboxylic acids is 2. The van der Waals surface area contributed by atoms with Gasteiger partial charge in [-0.3, -0.25) is 9.00 Å². The molecule has 0 aliphatic rings. The lowest BCUT2D eigenvalue weighted by molar-refractivity contribution is -0.133. The second-order valence-electron chi connectivity index (χ2n) is 5.73. The van der Waals surface area contributed by atoms with Gasteiger partial charge in [0.05, 0.1) is 5.56 Å². The van der Waals surface area contributed by atoms with Crippen molar-refractivity contribution in [1.29, 1.82) is 0 Å². The van der Waals surface area contributed by atoms with Gasteiger partial charge in [-0.15, -0.1) is 0 Å². The third-order valence-electron chi connectivity index (χ3n) is 3.55. The molecule has 0 fully saturated rings. The van der Waals surface area contributed by atoms with E-state index in [0.717, 1.165) is 11.1 Å². The molecule has 0 spiro atoms. The highest BCUT2D eigenvalue weighted by atomic mass is 32.2. The summed E-state index contributed by atoms with van der Waals surface area (Å²) in [7, 11) is 0.679. The molecule has 6 heteroatoms. The third-order valence-corrected chi connectivity index (χ3v) is 4.29. The Hall–Kier alpha value is -2.47. The number of benzene rings is 2. The zero-order valence-corrected chi connectivity index (χ0v) is 15.1. The summed E-state index contributed by atoms with van der Waals surface area (Å²) in [5, 5.41) is 0. The topological polar surface area (TPSA) is 63.7 Å². The fraction of sp³-hybridized carbons (Fsp3) is 0.263. The molecule has 0 N–H and O–H groups in total. The second-order valence-corrected chi connectivity index (χ2v) is 7.16. The number of likely N-dealkylation sites (N-methyl/N-ethyl adjacent to an activating group) is 1. The highest BCUT2D eigenvalue weighted by Crippen LogP contribution is 2.09. The van der Waals surface area contributed by atoms with E-state index in [1.807, 2.05) is 30.3 Å². The Morgan fingerprint density at radius 2 is 1.72 bits per heavy atom.